The van der Waals surface area contributed by atoms with E-state index in [1.54, 1.807) is 0 Å². The summed E-state index contributed by atoms with van der Waals surface area (Å²) >= 11 is 0. The fraction of sp³-hybridized carbons (Fsp3) is 0.0909. The van der Waals surface area contributed by atoms with Crippen molar-refractivity contribution < 1.29 is 9.13 Å². The Kier molecular flexibility index (Phi) is 3.58. The van der Waals surface area contributed by atoms with E-state index < -0.39 is 0 Å². The van der Waals surface area contributed by atoms with Gasteiger partial charge in [-0.1, -0.05) is 24.3 Å². The van der Waals surface area contributed by atoms with Crippen molar-refractivity contribution in [1.82, 2.24) is 0 Å². The topological polar surface area (TPSA) is 7.76 Å². The number of hydrogen-bond acceptors (Lipinski definition) is 0. The summed E-state index contributed by atoms with van der Waals surface area (Å²) in [6.45, 7) is 0. The van der Waals surface area contributed by atoms with Crippen LogP contribution in [0.15, 0.2) is 85.5 Å². The summed E-state index contributed by atoms with van der Waals surface area (Å²) in [6.07, 6.45) is 8.33. The molecule has 0 unspecified atom stereocenters. The summed E-state index contributed by atoms with van der Waals surface area (Å²) in [6, 6.07) is 22.0. The first kappa shape index (κ1) is 14.6. The minimum Gasteiger partial charge on any atom is -0.208 e. The summed E-state index contributed by atoms with van der Waals surface area (Å²) in [7, 11) is 4.07. The average molecular weight is 312 g/mol. The van der Waals surface area contributed by atoms with Gasteiger partial charge in [-0.15, -0.1) is 0 Å². The van der Waals surface area contributed by atoms with Gasteiger partial charge in [0.2, 0.25) is 0 Å². The van der Waals surface area contributed by atoms with Gasteiger partial charge in [-0.2, -0.15) is 0 Å². The Hall–Kier alpha value is -3.00. The largest absolute Gasteiger partial charge is 0.208 e. The molecule has 0 aliphatic heterocycles. The van der Waals surface area contributed by atoms with Gasteiger partial charge >= 0.3 is 0 Å². The Bertz CT molecular complexity index is 915. The van der Waals surface area contributed by atoms with Crippen LogP contribution in [0.1, 0.15) is 0 Å². The molecule has 0 N–H and O–H groups in total. The lowest BCUT2D eigenvalue weighted by Crippen LogP contribution is -2.25. The highest BCUT2D eigenvalue weighted by molar-refractivity contribution is 5.90. The molecule has 0 bridgehead atoms. The summed E-state index contributed by atoms with van der Waals surface area (Å²) in [5.41, 5.74) is 4.99. The molecular weight excluding hydrogens is 292 g/mol. The SMILES string of the molecule is C[n+]1ccc(-c2ccc3cc(-c4cc[n+](C)cc4)ccc3c2)cc1. The first-order chi connectivity index (χ1) is 11.7. The van der Waals surface area contributed by atoms with Gasteiger partial charge in [-0.05, 0) is 45.2 Å². The lowest BCUT2D eigenvalue weighted by Gasteiger charge is -2.06. The van der Waals surface area contributed by atoms with Crippen molar-refractivity contribution in [1.29, 1.82) is 0 Å². The van der Waals surface area contributed by atoms with Gasteiger partial charge in [-0.25, -0.2) is 9.13 Å². The minimum atomic E-state index is 1.25. The van der Waals surface area contributed by atoms with E-state index in [1.807, 2.05) is 14.1 Å². The molecule has 24 heavy (non-hydrogen) atoms. The summed E-state index contributed by atoms with van der Waals surface area (Å²) in [5.74, 6) is 0. The lowest BCUT2D eigenvalue weighted by atomic mass is 9.98. The third-order valence-corrected chi connectivity index (χ3v) is 4.46. The van der Waals surface area contributed by atoms with Crippen molar-refractivity contribution in [3.05, 3.63) is 85.5 Å². The molecule has 0 amide bonds. The molecule has 4 aromatic rings. The molecule has 0 aliphatic rings. The van der Waals surface area contributed by atoms with Crippen LogP contribution in [0.2, 0.25) is 0 Å². The Balaban J connectivity index is 1.75. The Morgan fingerprint density at radius 3 is 1.21 bits per heavy atom. The molecule has 0 fully saturated rings. The van der Waals surface area contributed by atoms with Gasteiger partial charge in [-0.3, -0.25) is 0 Å². The Labute approximate surface area is 142 Å². The maximum absolute atomic E-state index is 2.26. The molecule has 2 aromatic carbocycles. The zero-order valence-electron chi connectivity index (χ0n) is 14.0. The van der Waals surface area contributed by atoms with Gasteiger partial charge in [0, 0.05) is 24.3 Å². The normalized spacial score (nSPS) is 10.9. The molecule has 2 heteroatoms. The van der Waals surface area contributed by atoms with Gasteiger partial charge < -0.3 is 0 Å². The van der Waals surface area contributed by atoms with Crippen molar-refractivity contribution in [2.24, 2.45) is 14.1 Å². The number of benzene rings is 2. The van der Waals surface area contributed by atoms with Crippen LogP contribution in [0.25, 0.3) is 33.0 Å². The highest BCUT2D eigenvalue weighted by Crippen LogP contribution is 2.27. The quantitative estimate of drug-likeness (QED) is 0.497. The summed E-state index contributed by atoms with van der Waals surface area (Å²) in [4.78, 5) is 0. The number of pyridine rings is 2. The van der Waals surface area contributed by atoms with E-state index in [1.165, 1.54) is 33.0 Å². The van der Waals surface area contributed by atoms with E-state index in [9.17, 15) is 0 Å². The second-order valence-corrected chi connectivity index (χ2v) is 6.28. The molecule has 2 aromatic heterocycles. The van der Waals surface area contributed by atoms with E-state index in [4.69, 9.17) is 0 Å². The molecule has 0 saturated heterocycles. The maximum Gasteiger partial charge on any atom is 0.169 e. The monoisotopic (exact) mass is 312 g/mol. The van der Waals surface area contributed by atoms with Crippen LogP contribution in [0.4, 0.5) is 0 Å². The minimum absolute atomic E-state index is 1.25. The van der Waals surface area contributed by atoms with Crippen molar-refractivity contribution in [2.75, 3.05) is 0 Å². The third-order valence-electron chi connectivity index (χ3n) is 4.46. The average Bonchev–Trinajstić information content (AvgIpc) is 2.62. The first-order valence-electron chi connectivity index (χ1n) is 8.14. The number of aryl methyl sites for hydroxylation is 2. The molecule has 0 spiro atoms. The predicted molar refractivity (Wildman–Crippen MR) is 97.2 cm³/mol. The molecule has 4 rings (SSSR count). The molecule has 0 aliphatic carbocycles. The zero-order valence-corrected chi connectivity index (χ0v) is 14.0. The smallest absolute Gasteiger partial charge is 0.169 e. The third kappa shape index (κ3) is 2.79. The predicted octanol–water partition coefficient (Wildman–Crippen LogP) is 3.82. The Morgan fingerprint density at radius 2 is 0.833 bits per heavy atom. The lowest BCUT2D eigenvalue weighted by molar-refractivity contribution is -0.671. The van der Waals surface area contributed by atoms with Crippen molar-refractivity contribution in [3.63, 3.8) is 0 Å². The zero-order chi connectivity index (χ0) is 16.5. The number of aromatic nitrogens is 2. The first-order valence-corrected chi connectivity index (χ1v) is 8.14. The molecule has 0 saturated carbocycles. The van der Waals surface area contributed by atoms with Gasteiger partial charge in [0.05, 0.1) is 0 Å². The van der Waals surface area contributed by atoms with Gasteiger partial charge in [0.25, 0.3) is 0 Å². The van der Waals surface area contributed by atoms with Crippen LogP contribution in [0, 0.1) is 0 Å². The van der Waals surface area contributed by atoms with E-state index in [0.717, 1.165) is 0 Å². The van der Waals surface area contributed by atoms with E-state index >= 15 is 0 Å². The number of rotatable bonds is 2. The van der Waals surface area contributed by atoms with Crippen molar-refractivity contribution in [3.8, 4) is 22.3 Å². The number of nitrogens with zero attached hydrogens (tertiary/aromatic N) is 2. The highest BCUT2D eigenvalue weighted by atomic mass is 14.9. The standard InChI is InChI=1S/C22H20N2/c1-23-11-7-17(8-12-23)19-3-5-22-16-20(4-6-21(22)15-19)18-9-13-24(2)14-10-18/h3-16H,1-2H3/q+2. The second kappa shape index (κ2) is 5.89. The van der Waals surface area contributed by atoms with E-state index in [0.29, 0.717) is 0 Å². The van der Waals surface area contributed by atoms with E-state index in [-0.39, 0.29) is 0 Å². The van der Waals surface area contributed by atoms with Crippen molar-refractivity contribution >= 4 is 10.8 Å². The second-order valence-electron chi connectivity index (χ2n) is 6.28. The van der Waals surface area contributed by atoms with Crippen LogP contribution < -0.4 is 9.13 Å². The van der Waals surface area contributed by atoms with Crippen molar-refractivity contribution in [2.45, 2.75) is 0 Å². The fourth-order valence-corrected chi connectivity index (χ4v) is 2.99. The number of hydrogen-bond donors (Lipinski definition) is 0. The fourth-order valence-electron chi connectivity index (χ4n) is 2.99. The van der Waals surface area contributed by atoms with E-state index in [2.05, 4.69) is 94.6 Å². The Morgan fingerprint density at radius 1 is 0.458 bits per heavy atom. The molecule has 116 valence electrons. The van der Waals surface area contributed by atoms with Crippen LogP contribution in [-0.2, 0) is 14.1 Å². The van der Waals surface area contributed by atoms with Gasteiger partial charge in [0.15, 0.2) is 24.8 Å². The summed E-state index contributed by atoms with van der Waals surface area (Å²) < 4.78 is 4.10. The summed E-state index contributed by atoms with van der Waals surface area (Å²) in [5, 5.41) is 2.54. The molecular formula is C22H20N2+2. The molecule has 2 nitrogen and oxygen atoms in total. The van der Waals surface area contributed by atoms with Gasteiger partial charge in [0.1, 0.15) is 14.1 Å². The molecule has 2 heterocycles. The molecule has 0 atom stereocenters. The maximum atomic E-state index is 2.26. The van der Waals surface area contributed by atoms with Crippen LogP contribution >= 0.6 is 0 Å². The van der Waals surface area contributed by atoms with Crippen LogP contribution in [0.5, 0.6) is 0 Å². The highest BCUT2D eigenvalue weighted by Gasteiger charge is 2.04. The number of fused-ring (bicyclic) bond motifs is 1. The molecule has 0 radical (unpaired) electrons. The van der Waals surface area contributed by atoms with Crippen LogP contribution in [-0.4, -0.2) is 0 Å². The van der Waals surface area contributed by atoms with Crippen LogP contribution in [0.3, 0.4) is 0 Å².